The quantitative estimate of drug-likeness (QED) is 0.545. The molecule has 34 heavy (non-hydrogen) atoms. The standard InChI is InChI=1S/C23H24ClN3O7/c1-13-4-5-16(24)9-19(13)25-20(28)12-34-23(31)15-8-21(29)27(11-15)26-22(30)14-6-17(32-2)10-18(7-14)33-3/h4-7,9-10,15H,8,11-12H2,1-3H3,(H,25,28)(H,26,30)/t15-/m1/s1. The maximum atomic E-state index is 12.6. The van der Waals surface area contributed by atoms with E-state index in [1.54, 1.807) is 31.2 Å². The number of hydrogen-bond acceptors (Lipinski definition) is 7. The molecule has 2 N–H and O–H groups in total. The maximum absolute atomic E-state index is 12.6. The highest BCUT2D eigenvalue weighted by molar-refractivity contribution is 6.31. The smallest absolute Gasteiger partial charge is 0.311 e. The highest BCUT2D eigenvalue weighted by Gasteiger charge is 2.36. The number of aryl methyl sites for hydroxylation is 1. The molecular formula is C23H24ClN3O7. The average Bonchev–Trinajstić information content (AvgIpc) is 3.19. The Kier molecular flexibility index (Phi) is 7.95. The van der Waals surface area contributed by atoms with Crippen LogP contribution >= 0.6 is 11.6 Å². The molecule has 0 saturated carbocycles. The van der Waals surface area contributed by atoms with E-state index in [9.17, 15) is 19.2 Å². The van der Waals surface area contributed by atoms with Crippen molar-refractivity contribution in [2.24, 2.45) is 5.92 Å². The van der Waals surface area contributed by atoms with Gasteiger partial charge in [-0.25, -0.2) is 0 Å². The highest BCUT2D eigenvalue weighted by atomic mass is 35.5. The number of methoxy groups -OCH3 is 2. The van der Waals surface area contributed by atoms with Crippen LogP contribution in [0.25, 0.3) is 0 Å². The first-order valence-corrected chi connectivity index (χ1v) is 10.6. The summed E-state index contributed by atoms with van der Waals surface area (Å²) in [6.07, 6.45) is -0.157. The molecule has 1 heterocycles. The van der Waals surface area contributed by atoms with E-state index in [0.717, 1.165) is 10.6 Å². The Morgan fingerprint density at radius 1 is 1.09 bits per heavy atom. The molecular weight excluding hydrogens is 466 g/mol. The molecule has 0 radical (unpaired) electrons. The van der Waals surface area contributed by atoms with Gasteiger partial charge in [-0.3, -0.25) is 29.6 Å². The van der Waals surface area contributed by atoms with Gasteiger partial charge in [-0.15, -0.1) is 0 Å². The zero-order valence-corrected chi connectivity index (χ0v) is 19.6. The second kappa shape index (κ2) is 10.9. The van der Waals surface area contributed by atoms with Crippen LogP contribution in [0.2, 0.25) is 5.02 Å². The summed E-state index contributed by atoms with van der Waals surface area (Å²) in [5, 5.41) is 4.13. The maximum Gasteiger partial charge on any atom is 0.311 e. The highest BCUT2D eigenvalue weighted by Crippen LogP contribution is 2.24. The van der Waals surface area contributed by atoms with Crippen molar-refractivity contribution in [3.63, 3.8) is 0 Å². The van der Waals surface area contributed by atoms with Gasteiger partial charge in [-0.05, 0) is 36.8 Å². The number of anilines is 1. The number of benzene rings is 2. The van der Waals surface area contributed by atoms with E-state index in [4.69, 9.17) is 25.8 Å². The first kappa shape index (κ1) is 24.8. The van der Waals surface area contributed by atoms with Crippen LogP contribution in [-0.2, 0) is 19.1 Å². The average molecular weight is 490 g/mol. The molecule has 0 spiro atoms. The van der Waals surface area contributed by atoms with Crippen LogP contribution < -0.4 is 20.2 Å². The van der Waals surface area contributed by atoms with Crippen molar-refractivity contribution < 1.29 is 33.4 Å². The largest absolute Gasteiger partial charge is 0.497 e. The summed E-state index contributed by atoms with van der Waals surface area (Å²) in [5.41, 5.74) is 3.99. The Morgan fingerprint density at radius 2 is 1.76 bits per heavy atom. The summed E-state index contributed by atoms with van der Waals surface area (Å²) < 4.78 is 15.4. The van der Waals surface area contributed by atoms with Crippen molar-refractivity contribution in [1.82, 2.24) is 10.4 Å². The number of hydrogen-bond donors (Lipinski definition) is 2. The third kappa shape index (κ3) is 6.16. The van der Waals surface area contributed by atoms with Crippen LogP contribution in [0.1, 0.15) is 22.3 Å². The van der Waals surface area contributed by atoms with Crippen LogP contribution in [0, 0.1) is 12.8 Å². The minimum atomic E-state index is -0.826. The van der Waals surface area contributed by atoms with E-state index in [-0.39, 0.29) is 18.5 Å². The molecule has 1 aliphatic heterocycles. The van der Waals surface area contributed by atoms with Gasteiger partial charge >= 0.3 is 5.97 Å². The first-order chi connectivity index (χ1) is 16.2. The van der Waals surface area contributed by atoms with Crippen LogP contribution in [0.4, 0.5) is 5.69 Å². The number of ether oxygens (including phenoxy) is 3. The fourth-order valence-corrected chi connectivity index (χ4v) is 3.44. The summed E-state index contributed by atoms with van der Waals surface area (Å²) in [5.74, 6) is -2.30. The lowest BCUT2D eigenvalue weighted by molar-refractivity contribution is -0.151. The third-order valence-electron chi connectivity index (χ3n) is 5.13. The number of carbonyl (C=O) groups is 4. The topological polar surface area (TPSA) is 123 Å². The Morgan fingerprint density at radius 3 is 2.41 bits per heavy atom. The summed E-state index contributed by atoms with van der Waals surface area (Å²) in [6.45, 7) is 1.19. The SMILES string of the molecule is COc1cc(OC)cc(C(=O)NN2C[C@H](C(=O)OCC(=O)Nc3cc(Cl)ccc3C)CC2=O)c1. The van der Waals surface area contributed by atoms with E-state index < -0.39 is 36.2 Å². The lowest BCUT2D eigenvalue weighted by atomic mass is 10.1. The molecule has 0 aliphatic carbocycles. The van der Waals surface area contributed by atoms with Crippen molar-refractivity contribution in [1.29, 1.82) is 0 Å². The van der Waals surface area contributed by atoms with E-state index in [1.165, 1.54) is 26.4 Å². The number of carbonyl (C=O) groups excluding carboxylic acids is 4. The predicted octanol–water partition coefficient (Wildman–Crippen LogP) is 2.34. The summed E-state index contributed by atoms with van der Waals surface area (Å²) in [6, 6.07) is 9.62. The van der Waals surface area contributed by atoms with Crippen molar-refractivity contribution in [3.05, 3.63) is 52.5 Å². The van der Waals surface area contributed by atoms with Gasteiger partial charge in [-0.1, -0.05) is 17.7 Å². The molecule has 180 valence electrons. The van der Waals surface area contributed by atoms with Crippen LogP contribution in [-0.4, -0.2) is 56.1 Å². The molecule has 1 saturated heterocycles. The van der Waals surface area contributed by atoms with Gasteiger partial charge in [0.25, 0.3) is 11.8 Å². The third-order valence-corrected chi connectivity index (χ3v) is 5.36. The number of nitrogens with one attached hydrogen (secondary N) is 2. The summed E-state index contributed by atoms with van der Waals surface area (Å²) in [7, 11) is 2.90. The van der Waals surface area contributed by atoms with Crippen LogP contribution in [0.15, 0.2) is 36.4 Å². The van der Waals surface area contributed by atoms with Gasteiger partial charge in [0.05, 0.1) is 26.7 Å². The van der Waals surface area contributed by atoms with Crippen LogP contribution in [0.5, 0.6) is 11.5 Å². The molecule has 3 amide bonds. The first-order valence-electron chi connectivity index (χ1n) is 10.3. The molecule has 3 rings (SSSR count). The van der Waals surface area contributed by atoms with Gasteiger partial charge < -0.3 is 19.5 Å². The molecule has 2 aromatic rings. The zero-order chi connectivity index (χ0) is 24.8. The molecule has 0 bridgehead atoms. The van der Waals surface area contributed by atoms with Crippen molar-refractivity contribution in [3.8, 4) is 11.5 Å². The second-order valence-electron chi connectivity index (χ2n) is 7.56. The minimum Gasteiger partial charge on any atom is -0.497 e. The Bertz CT molecular complexity index is 1100. The Balaban J connectivity index is 1.53. The van der Waals surface area contributed by atoms with Gasteiger partial charge in [0.15, 0.2) is 6.61 Å². The van der Waals surface area contributed by atoms with E-state index in [0.29, 0.717) is 22.2 Å². The lowest BCUT2D eigenvalue weighted by Crippen LogP contribution is -2.43. The molecule has 1 atom stereocenters. The number of esters is 1. The van der Waals surface area contributed by atoms with Crippen molar-refractivity contribution in [2.45, 2.75) is 13.3 Å². The Labute approximate surface area is 201 Å². The number of halogens is 1. The van der Waals surface area contributed by atoms with Gasteiger partial charge in [0, 0.05) is 28.8 Å². The van der Waals surface area contributed by atoms with E-state index in [1.807, 2.05) is 0 Å². The molecule has 0 aromatic heterocycles. The second-order valence-corrected chi connectivity index (χ2v) is 8.00. The van der Waals surface area contributed by atoms with Gasteiger partial charge in [0.2, 0.25) is 5.91 Å². The number of amides is 3. The van der Waals surface area contributed by atoms with Gasteiger partial charge in [-0.2, -0.15) is 0 Å². The minimum absolute atomic E-state index is 0.0838. The lowest BCUT2D eigenvalue weighted by Gasteiger charge is -2.18. The molecule has 0 unspecified atom stereocenters. The number of hydrazine groups is 1. The fraction of sp³-hybridized carbons (Fsp3) is 0.304. The van der Waals surface area contributed by atoms with Crippen LogP contribution in [0.3, 0.4) is 0 Å². The monoisotopic (exact) mass is 489 g/mol. The molecule has 1 fully saturated rings. The van der Waals surface area contributed by atoms with E-state index in [2.05, 4.69) is 10.7 Å². The Hall–Kier alpha value is -3.79. The normalized spacial score (nSPS) is 15.0. The van der Waals surface area contributed by atoms with Gasteiger partial charge in [0.1, 0.15) is 11.5 Å². The molecule has 1 aliphatic rings. The fourth-order valence-electron chi connectivity index (χ4n) is 3.27. The zero-order valence-electron chi connectivity index (χ0n) is 18.8. The summed E-state index contributed by atoms with van der Waals surface area (Å²) in [4.78, 5) is 49.5. The predicted molar refractivity (Wildman–Crippen MR) is 123 cm³/mol. The van der Waals surface area contributed by atoms with Crippen molar-refractivity contribution in [2.75, 3.05) is 32.7 Å². The van der Waals surface area contributed by atoms with E-state index >= 15 is 0 Å². The number of nitrogens with zero attached hydrogens (tertiary/aromatic N) is 1. The molecule has 2 aromatic carbocycles. The van der Waals surface area contributed by atoms with Crippen molar-refractivity contribution >= 4 is 41.0 Å². The number of rotatable bonds is 8. The molecule has 11 heteroatoms. The summed E-state index contributed by atoms with van der Waals surface area (Å²) >= 11 is 5.93. The molecule has 10 nitrogen and oxygen atoms in total.